The van der Waals surface area contributed by atoms with Crippen LogP contribution in [0.25, 0.3) is 21.7 Å². The molecule has 1 aliphatic rings. The lowest BCUT2D eigenvalue weighted by Gasteiger charge is -2.27. The average molecular weight is 409 g/mol. The topological polar surface area (TPSA) is 86.1 Å². The summed E-state index contributed by atoms with van der Waals surface area (Å²) < 4.78 is 16.3. The van der Waals surface area contributed by atoms with Crippen LogP contribution in [-0.4, -0.2) is 35.2 Å². The Balaban J connectivity index is 1.58. The van der Waals surface area contributed by atoms with Gasteiger partial charge >= 0.3 is 17.7 Å². The predicted octanol–water partition coefficient (Wildman–Crippen LogP) is 4.25. The second-order valence-corrected chi connectivity index (χ2v) is 8.35. The van der Waals surface area contributed by atoms with Crippen molar-refractivity contribution in [1.29, 1.82) is 0 Å². The normalized spacial score (nSPS) is 16.8. The fourth-order valence-electron chi connectivity index (χ4n) is 3.66. The Kier molecular flexibility index (Phi) is 4.97. The quantitative estimate of drug-likeness (QED) is 0.272. The Bertz CT molecular complexity index is 1190. The number of esters is 1. The van der Waals surface area contributed by atoms with E-state index in [1.807, 2.05) is 12.1 Å². The summed E-state index contributed by atoms with van der Waals surface area (Å²) in [5.74, 6) is -0.289. The van der Waals surface area contributed by atoms with E-state index in [0.717, 1.165) is 10.8 Å². The highest BCUT2D eigenvalue weighted by Gasteiger charge is 2.37. The van der Waals surface area contributed by atoms with E-state index in [4.69, 9.17) is 13.9 Å². The summed E-state index contributed by atoms with van der Waals surface area (Å²) in [6, 6.07) is 11.4. The van der Waals surface area contributed by atoms with Gasteiger partial charge in [0.05, 0.1) is 5.39 Å². The number of fused-ring (bicyclic) bond motifs is 3. The van der Waals surface area contributed by atoms with Crippen LogP contribution in [0.4, 0.5) is 4.79 Å². The monoisotopic (exact) mass is 409 g/mol. The van der Waals surface area contributed by atoms with Crippen LogP contribution in [0.5, 0.6) is 5.75 Å². The van der Waals surface area contributed by atoms with Crippen LogP contribution in [0.2, 0.25) is 0 Å². The van der Waals surface area contributed by atoms with Crippen molar-refractivity contribution in [3.8, 4) is 5.75 Å². The van der Waals surface area contributed by atoms with Gasteiger partial charge in [-0.05, 0) is 57.2 Å². The molecule has 2 heterocycles. The molecule has 1 saturated heterocycles. The molecule has 156 valence electrons. The molecule has 1 fully saturated rings. The van der Waals surface area contributed by atoms with Gasteiger partial charge in [0.2, 0.25) is 0 Å². The van der Waals surface area contributed by atoms with Crippen molar-refractivity contribution >= 4 is 33.8 Å². The molecule has 7 heteroatoms. The lowest BCUT2D eigenvalue weighted by molar-refractivity contribution is -0.139. The molecule has 4 rings (SSSR count). The number of hydrogen-bond donors (Lipinski definition) is 0. The number of nitrogens with zero attached hydrogens (tertiary/aromatic N) is 1. The highest BCUT2D eigenvalue weighted by Crippen LogP contribution is 2.28. The first-order valence-corrected chi connectivity index (χ1v) is 9.90. The van der Waals surface area contributed by atoms with Gasteiger partial charge < -0.3 is 13.9 Å². The second kappa shape index (κ2) is 7.48. The van der Waals surface area contributed by atoms with Gasteiger partial charge in [0.25, 0.3) is 0 Å². The molecule has 7 nitrogen and oxygen atoms in total. The fraction of sp³-hybridized carbons (Fsp3) is 0.348. The molecule has 1 aromatic heterocycles. The fourth-order valence-corrected chi connectivity index (χ4v) is 3.66. The smallest absolute Gasteiger partial charge is 0.411 e. The SMILES string of the molecule is CC(C)(C)OC(=O)N1CCCC1C(=O)Oc1ccc2c(c1)oc(=O)c1ccccc12. The second-order valence-electron chi connectivity index (χ2n) is 8.35. The number of amides is 1. The van der Waals surface area contributed by atoms with Gasteiger partial charge in [0.1, 0.15) is 23.0 Å². The van der Waals surface area contributed by atoms with E-state index in [1.165, 1.54) is 11.0 Å². The predicted molar refractivity (Wildman–Crippen MR) is 112 cm³/mol. The minimum atomic E-state index is -0.709. The summed E-state index contributed by atoms with van der Waals surface area (Å²) >= 11 is 0. The van der Waals surface area contributed by atoms with Crippen LogP contribution >= 0.6 is 0 Å². The van der Waals surface area contributed by atoms with Crippen LogP contribution in [0.15, 0.2) is 51.7 Å². The summed E-state index contributed by atoms with van der Waals surface area (Å²) in [5, 5.41) is 2.02. The first-order chi connectivity index (χ1) is 14.2. The number of likely N-dealkylation sites (tertiary alicyclic amines) is 1. The molecule has 1 unspecified atom stereocenters. The number of carbonyl (C=O) groups excluding carboxylic acids is 2. The van der Waals surface area contributed by atoms with E-state index in [-0.39, 0.29) is 5.75 Å². The van der Waals surface area contributed by atoms with Gasteiger partial charge in [-0.2, -0.15) is 0 Å². The van der Waals surface area contributed by atoms with E-state index < -0.39 is 29.3 Å². The van der Waals surface area contributed by atoms with Crippen molar-refractivity contribution < 1.29 is 23.5 Å². The molecule has 1 aliphatic heterocycles. The van der Waals surface area contributed by atoms with Gasteiger partial charge in [-0.3, -0.25) is 4.90 Å². The highest BCUT2D eigenvalue weighted by atomic mass is 16.6. The van der Waals surface area contributed by atoms with Crippen molar-refractivity contribution in [3.05, 3.63) is 52.9 Å². The molecule has 0 saturated carbocycles. The average Bonchev–Trinajstić information content (AvgIpc) is 3.17. The Morgan fingerprint density at radius 2 is 1.80 bits per heavy atom. The third kappa shape index (κ3) is 3.87. The summed E-state index contributed by atoms with van der Waals surface area (Å²) in [6.45, 7) is 5.77. The number of hydrogen-bond acceptors (Lipinski definition) is 6. The van der Waals surface area contributed by atoms with Crippen LogP contribution in [0.3, 0.4) is 0 Å². The summed E-state index contributed by atoms with van der Waals surface area (Å²) in [4.78, 5) is 38.8. The van der Waals surface area contributed by atoms with E-state index in [2.05, 4.69) is 0 Å². The van der Waals surface area contributed by atoms with Crippen molar-refractivity contribution in [2.45, 2.75) is 45.3 Å². The zero-order valence-corrected chi connectivity index (χ0v) is 17.1. The largest absolute Gasteiger partial charge is 0.444 e. The highest BCUT2D eigenvalue weighted by molar-refractivity contribution is 6.04. The third-order valence-electron chi connectivity index (χ3n) is 4.96. The standard InChI is InChI=1S/C23H23NO6/c1-23(2,3)30-22(27)24-12-6-9-18(24)21(26)28-14-10-11-16-15-7-4-5-8-17(15)20(25)29-19(16)13-14/h4-5,7-8,10-11,13,18H,6,9,12H2,1-3H3. The van der Waals surface area contributed by atoms with Gasteiger partial charge in [-0.25, -0.2) is 14.4 Å². The summed E-state index contributed by atoms with van der Waals surface area (Å²) in [7, 11) is 0. The first-order valence-electron chi connectivity index (χ1n) is 9.90. The maximum Gasteiger partial charge on any atom is 0.411 e. The summed E-state index contributed by atoms with van der Waals surface area (Å²) in [5.41, 5.74) is -0.764. The first kappa shape index (κ1) is 19.9. The van der Waals surface area contributed by atoms with Gasteiger partial charge in [0.15, 0.2) is 0 Å². The minimum absolute atomic E-state index is 0.252. The van der Waals surface area contributed by atoms with E-state index in [9.17, 15) is 14.4 Å². The van der Waals surface area contributed by atoms with Crippen molar-refractivity contribution in [1.82, 2.24) is 4.90 Å². The number of carbonyl (C=O) groups is 2. The maximum absolute atomic E-state index is 12.7. The van der Waals surface area contributed by atoms with Gasteiger partial charge in [-0.1, -0.05) is 18.2 Å². The van der Waals surface area contributed by atoms with Crippen molar-refractivity contribution in [2.75, 3.05) is 6.54 Å². The Labute approximate surface area is 173 Å². The molecule has 3 aromatic rings. The Morgan fingerprint density at radius 3 is 2.53 bits per heavy atom. The number of rotatable bonds is 2. The molecule has 0 N–H and O–H groups in total. The lowest BCUT2D eigenvalue weighted by Crippen LogP contribution is -2.44. The summed E-state index contributed by atoms with van der Waals surface area (Å²) in [6.07, 6.45) is 0.668. The Hall–Kier alpha value is -3.35. The Morgan fingerprint density at radius 1 is 1.07 bits per heavy atom. The van der Waals surface area contributed by atoms with E-state index in [0.29, 0.717) is 30.4 Å². The van der Waals surface area contributed by atoms with Crippen molar-refractivity contribution in [3.63, 3.8) is 0 Å². The number of ether oxygens (including phenoxy) is 2. The zero-order chi connectivity index (χ0) is 21.5. The molecular weight excluding hydrogens is 386 g/mol. The molecule has 0 bridgehead atoms. The van der Waals surface area contributed by atoms with Gasteiger partial charge in [-0.15, -0.1) is 0 Å². The van der Waals surface area contributed by atoms with Crippen LogP contribution in [-0.2, 0) is 9.53 Å². The number of benzene rings is 2. The van der Waals surface area contributed by atoms with Gasteiger partial charge in [0, 0.05) is 18.0 Å². The van der Waals surface area contributed by atoms with Crippen LogP contribution < -0.4 is 10.4 Å². The minimum Gasteiger partial charge on any atom is -0.444 e. The molecule has 2 aromatic carbocycles. The maximum atomic E-state index is 12.7. The molecule has 30 heavy (non-hydrogen) atoms. The molecular formula is C23H23NO6. The van der Waals surface area contributed by atoms with E-state index in [1.54, 1.807) is 45.0 Å². The third-order valence-corrected chi connectivity index (χ3v) is 4.96. The van der Waals surface area contributed by atoms with Crippen LogP contribution in [0, 0.1) is 0 Å². The zero-order valence-electron chi connectivity index (χ0n) is 17.1. The lowest BCUT2D eigenvalue weighted by atomic mass is 10.1. The molecule has 0 spiro atoms. The van der Waals surface area contributed by atoms with Crippen LogP contribution in [0.1, 0.15) is 33.6 Å². The van der Waals surface area contributed by atoms with Crippen molar-refractivity contribution in [2.24, 2.45) is 0 Å². The molecule has 1 amide bonds. The molecule has 0 aliphatic carbocycles. The molecule has 0 radical (unpaired) electrons. The van der Waals surface area contributed by atoms with E-state index >= 15 is 0 Å². The molecule has 1 atom stereocenters.